The summed E-state index contributed by atoms with van der Waals surface area (Å²) in [6, 6.07) is 10.5. The number of halogens is 6. The van der Waals surface area contributed by atoms with Crippen LogP contribution in [0.5, 0.6) is 0 Å². The number of alkyl halides is 6. The topological polar surface area (TPSA) is 0 Å². The largest absolute Gasteiger partial charge is 0.416 e. The molecule has 7 heteroatoms. The van der Waals surface area contributed by atoms with Crippen molar-refractivity contribution < 1.29 is 26.3 Å². The number of thioether (sulfide) groups is 1. The van der Waals surface area contributed by atoms with E-state index in [1.165, 1.54) is 11.8 Å². The van der Waals surface area contributed by atoms with Crippen molar-refractivity contribution in [1.82, 2.24) is 0 Å². The van der Waals surface area contributed by atoms with E-state index in [2.05, 4.69) is 0 Å². The van der Waals surface area contributed by atoms with Crippen molar-refractivity contribution in [3.8, 4) is 0 Å². The summed E-state index contributed by atoms with van der Waals surface area (Å²) in [5, 5.41) is 0. The highest BCUT2D eigenvalue weighted by Gasteiger charge is 2.38. The van der Waals surface area contributed by atoms with E-state index in [1.807, 2.05) is 0 Å². The molecule has 24 heavy (non-hydrogen) atoms. The molecule has 2 aromatic rings. The highest BCUT2D eigenvalue weighted by Crippen LogP contribution is 2.44. The molecule has 0 fully saturated rings. The summed E-state index contributed by atoms with van der Waals surface area (Å²) in [4.78, 5) is 0.758. The van der Waals surface area contributed by atoms with Crippen LogP contribution < -0.4 is 0 Å². The Morgan fingerprint density at radius 1 is 0.667 bits per heavy atom. The fourth-order valence-corrected chi connectivity index (χ4v) is 3.26. The maximum absolute atomic E-state index is 13.0. The molecular weight excluding hydrogens is 350 g/mol. The van der Waals surface area contributed by atoms with Gasteiger partial charge in [-0.25, -0.2) is 0 Å². The summed E-state index contributed by atoms with van der Waals surface area (Å²) in [6.45, 7) is 3.20. The van der Waals surface area contributed by atoms with Crippen LogP contribution >= 0.6 is 11.8 Å². The lowest BCUT2D eigenvalue weighted by Crippen LogP contribution is -2.17. The van der Waals surface area contributed by atoms with E-state index in [-0.39, 0.29) is 11.6 Å². The van der Waals surface area contributed by atoms with Crippen LogP contribution in [0, 0.1) is 0 Å². The van der Waals surface area contributed by atoms with Gasteiger partial charge < -0.3 is 0 Å². The summed E-state index contributed by atoms with van der Waals surface area (Å²) in [6.07, 6.45) is -9.69. The van der Waals surface area contributed by atoms with E-state index in [0.717, 1.165) is 17.0 Å². The van der Waals surface area contributed by atoms with Crippen LogP contribution in [0.2, 0.25) is 0 Å². The Morgan fingerprint density at radius 2 is 1.08 bits per heavy atom. The number of hydrogen-bond donors (Lipinski definition) is 0. The van der Waals surface area contributed by atoms with Crippen LogP contribution in [-0.2, 0) is 17.1 Å². The molecule has 0 atom stereocenters. The molecular formula is C17H14F6S. The van der Waals surface area contributed by atoms with Gasteiger partial charge in [-0.2, -0.15) is 26.3 Å². The summed E-state index contributed by atoms with van der Waals surface area (Å²) in [7, 11) is 0. The molecule has 0 N–H and O–H groups in total. The minimum Gasteiger partial charge on any atom is -0.166 e. The van der Waals surface area contributed by atoms with Crippen LogP contribution in [0.3, 0.4) is 0 Å². The first kappa shape index (κ1) is 18.7. The molecule has 0 aromatic heterocycles. The van der Waals surface area contributed by atoms with Crippen molar-refractivity contribution in [2.24, 2.45) is 0 Å². The van der Waals surface area contributed by atoms with E-state index < -0.39 is 28.2 Å². The summed E-state index contributed by atoms with van der Waals surface area (Å²) in [5.74, 6) is 0. The lowest BCUT2D eigenvalue weighted by Gasteiger charge is -2.27. The Balaban J connectivity index is 2.51. The van der Waals surface area contributed by atoms with Crippen LogP contribution in [0.4, 0.5) is 26.3 Å². The van der Waals surface area contributed by atoms with Crippen LogP contribution in [0.25, 0.3) is 0 Å². The summed E-state index contributed by atoms with van der Waals surface area (Å²) < 4.78 is 76.9. The SMILES string of the molecule is CC(C)(Sc1ccccc1)c1cc(C(F)(F)F)cc(C(F)(F)F)c1. The van der Waals surface area contributed by atoms with Gasteiger partial charge in [0.1, 0.15) is 0 Å². The predicted molar refractivity (Wildman–Crippen MR) is 81.8 cm³/mol. The van der Waals surface area contributed by atoms with Gasteiger partial charge >= 0.3 is 12.4 Å². The van der Waals surface area contributed by atoms with Gasteiger partial charge in [-0.05, 0) is 49.7 Å². The molecule has 2 rings (SSSR count). The number of benzene rings is 2. The maximum atomic E-state index is 13.0. The average Bonchev–Trinajstić information content (AvgIpc) is 2.45. The smallest absolute Gasteiger partial charge is 0.166 e. The van der Waals surface area contributed by atoms with Crippen LogP contribution in [0.1, 0.15) is 30.5 Å². The maximum Gasteiger partial charge on any atom is 0.416 e. The van der Waals surface area contributed by atoms with Crippen molar-refractivity contribution >= 4 is 11.8 Å². The average molecular weight is 364 g/mol. The zero-order valence-electron chi connectivity index (χ0n) is 12.8. The second-order valence-electron chi connectivity index (χ2n) is 5.72. The van der Waals surface area contributed by atoms with E-state index in [1.54, 1.807) is 44.2 Å². The van der Waals surface area contributed by atoms with E-state index in [9.17, 15) is 26.3 Å². The predicted octanol–water partition coefficient (Wildman–Crippen LogP) is 6.75. The van der Waals surface area contributed by atoms with Gasteiger partial charge in [0, 0.05) is 9.64 Å². The number of hydrogen-bond acceptors (Lipinski definition) is 1. The zero-order chi connectivity index (χ0) is 18.2. The number of rotatable bonds is 3. The molecule has 130 valence electrons. The molecule has 0 spiro atoms. The third-order valence-corrected chi connectivity index (χ3v) is 4.65. The molecule has 0 unspecified atom stereocenters. The molecule has 0 amide bonds. The van der Waals surface area contributed by atoms with Crippen LogP contribution in [0.15, 0.2) is 53.4 Å². The Kier molecular flexibility index (Phi) is 4.95. The minimum atomic E-state index is -4.84. The standard InChI is InChI=1S/C17H14F6S/c1-15(2,24-14-6-4-3-5-7-14)11-8-12(16(18,19)20)10-13(9-11)17(21,22)23/h3-10H,1-2H3. The van der Waals surface area contributed by atoms with Crippen molar-refractivity contribution in [2.75, 3.05) is 0 Å². The fraction of sp³-hybridized carbons (Fsp3) is 0.294. The Hall–Kier alpha value is -1.63. The minimum absolute atomic E-state index is 0.0292. The first-order valence-electron chi connectivity index (χ1n) is 6.93. The zero-order valence-corrected chi connectivity index (χ0v) is 13.6. The molecule has 0 aliphatic rings. The van der Waals surface area contributed by atoms with Crippen molar-refractivity contribution in [2.45, 2.75) is 35.8 Å². The molecule has 0 aliphatic heterocycles. The monoisotopic (exact) mass is 364 g/mol. The van der Waals surface area contributed by atoms with Gasteiger partial charge in [0.05, 0.1) is 11.1 Å². The highest BCUT2D eigenvalue weighted by molar-refractivity contribution is 8.00. The van der Waals surface area contributed by atoms with E-state index in [0.29, 0.717) is 0 Å². The Bertz CT molecular complexity index is 669. The Morgan fingerprint density at radius 3 is 1.50 bits per heavy atom. The molecule has 0 bridgehead atoms. The van der Waals surface area contributed by atoms with Gasteiger partial charge in [0.2, 0.25) is 0 Å². The third kappa shape index (κ3) is 4.47. The fourth-order valence-electron chi connectivity index (χ4n) is 2.14. The summed E-state index contributed by atoms with van der Waals surface area (Å²) >= 11 is 1.20. The molecule has 2 aromatic carbocycles. The van der Waals surface area contributed by atoms with Gasteiger partial charge in [0.25, 0.3) is 0 Å². The van der Waals surface area contributed by atoms with Gasteiger partial charge in [0.15, 0.2) is 0 Å². The van der Waals surface area contributed by atoms with E-state index in [4.69, 9.17) is 0 Å². The van der Waals surface area contributed by atoms with Crippen molar-refractivity contribution in [3.05, 3.63) is 65.2 Å². The van der Waals surface area contributed by atoms with Gasteiger partial charge in [-0.15, -0.1) is 11.8 Å². The normalized spacial score (nSPS) is 13.2. The van der Waals surface area contributed by atoms with Crippen LogP contribution in [-0.4, -0.2) is 0 Å². The molecule has 0 radical (unpaired) electrons. The lowest BCUT2D eigenvalue weighted by atomic mass is 9.96. The highest BCUT2D eigenvalue weighted by atomic mass is 32.2. The second kappa shape index (κ2) is 6.35. The first-order valence-corrected chi connectivity index (χ1v) is 7.75. The quantitative estimate of drug-likeness (QED) is 0.429. The van der Waals surface area contributed by atoms with Gasteiger partial charge in [-0.3, -0.25) is 0 Å². The molecule has 0 saturated carbocycles. The van der Waals surface area contributed by atoms with Gasteiger partial charge in [-0.1, -0.05) is 18.2 Å². The third-order valence-electron chi connectivity index (χ3n) is 3.40. The van der Waals surface area contributed by atoms with E-state index >= 15 is 0 Å². The first-order chi connectivity index (χ1) is 10.9. The molecule has 0 aliphatic carbocycles. The molecule has 0 heterocycles. The Labute approximate surface area is 139 Å². The molecule has 0 saturated heterocycles. The lowest BCUT2D eigenvalue weighted by molar-refractivity contribution is -0.143. The molecule has 0 nitrogen and oxygen atoms in total. The van der Waals surface area contributed by atoms with Crippen molar-refractivity contribution in [1.29, 1.82) is 0 Å². The summed E-state index contributed by atoms with van der Waals surface area (Å²) in [5.41, 5.74) is -2.62. The van der Waals surface area contributed by atoms with Crippen molar-refractivity contribution in [3.63, 3.8) is 0 Å². The second-order valence-corrected chi connectivity index (χ2v) is 7.42.